The minimum absolute atomic E-state index is 0.00740. The molecular formula is C26H40O10. The molecule has 0 bridgehead atoms. The lowest BCUT2D eigenvalue weighted by atomic mass is 9.46. The average Bonchev–Trinajstić information content (AvgIpc) is 3.16. The Morgan fingerprint density at radius 3 is 2.47 bits per heavy atom. The second-order valence-electron chi connectivity index (χ2n) is 11.4. The number of carbonyl (C=O) groups is 1. The molecule has 2 aliphatic carbocycles. The van der Waals surface area contributed by atoms with E-state index in [1.165, 1.54) is 0 Å². The van der Waals surface area contributed by atoms with Gasteiger partial charge in [-0.25, -0.2) is 4.79 Å². The van der Waals surface area contributed by atoms with Crippen LogP contribution in [0.5, 0.6) is 0 Å². The smallest absolute Gasteiger partial charge is 0.336 e. The van der Waals surface area contributed by atoms with E-state index in [1.54, 1.807) is 6.08 Å². The third-order valence-corrected chi connectivity index (χ3v) is 9.30. The van der Waals surface area contributed by atoms with Crippen molar-refractivity contribution in [3.8, 4) is 0 Å². The molecule has 2 saturated carbocycles. The Morgan fingerprint density at radius 1 is 1.11 bits per heavy atom. The number of fused-ring (bicyclic) bond motifs is 1. The largest absolute Gasteiger partial charge is 0.459 e. The van der Waals surface area contributed by atoms with Crippen molar-refractivity contribution in [1.29, 1.82) is 0 Å². The summed E-state index contributed by atoms with van der Waals surface area (Å²) in [4.78, 5) is 12.0. The van der Waals surface area contributed by atoms with Gasteiger partial charge in [-0.1, -0.05) is 32.1 Å². The second-order valence-corrected chi connectivity index (χ2v) is 11.4. The summed E-state index contributed by atoms with van der Waals surface area (Å²) in [6, 6.07) is 0. The Balaban J connectivity index is 1.54. The summed E-state index contributed by atoms with van der Waals surface area (Å²) in [5, 5.41) is 61.3. The SMILES string of the molecule is C=C1CC[C@@H]2[C@](C)(CO[C@@H]3O[C@H](CO)[C@@H](O)[C@H](O)[C@H]3O)[C@H](O)CC[C@@]2(C)[C@@H]1CC=C1C(=O)OC[C@H]1O. The second kappa shape index (κ2) is 10.4. The van der Waals surface area contributed by atoms with Gasteiger partial charge in [0.2, 0.25) is 0 Å². The standard InChI is InChI=1S/C26H40O10/c1-13-4-7-18-25(2,15(13)6-5-14-16(28)11-34-23(14)33)9-8-19(29)26(18,3)12-35-24-22(32)21(31)20(30)17(10-27)36-24/h5,15-22,24,27-32H,1,4,6-12H2,2-3H3/t15-,16-,17-,18+,19-,20-,21+,22-,24-,25+,26+/m1/s1. The van der Waals surface area contributed by atoms with Crippen molar-refractivity contribution in [2.24, 2.45) is 22.7 Å². The van der Waals surface area contributed by atoms with Crippen molar-refractivity contribution >= 4 is 5.97 Å². The molecule has 0 radical (unpaired) electrons. The highest BCUT2D eigenvalue weighted by atomic mass is 16.7. The number of hydrogen-bond donors (Lipinski definition) is 6. The van der Waals surface area contributed by atoms with E-state index in [0.29, 0.717) is 12.8 Å². The summed E-state index contributed by atoms with van der Waals surface area (Å²) in [6.45, 7) is 7.89. The van der Waals surface area contributed by atoms with Gasteiger partial charge in [0.1, 0.15) is 37.1 Å². The molecule has 11 atom stereocenters. The molecule has 0 aromatic rings. The van der Waals surface area contributed by atoms with Gasteiger partial charge in [-0.05, 0) is 49.4 Å². The first-order valence-corrected chi connectivity index (χ1v) is 12.8. The van der Waals surface area contributed by atoms with E-state index in [2.05, 4.69) is 13.5 Å². The lowest BCUT2D eigenvalue weighted by molar-refractivity contribution is -0.313. The molecule has 36 heavy (non-hydrogen) atoms. The van der Waals surface area contributed by atoms with Crippen LogP contribution in [0.4, 0.5) is 0 Å². The van der Waals surface area contributed by atoms with Gasteiger partial charge in [-0.3, -0.25) is 0 Å². The number of aliphatic hydroxyl groups is 6. The van der Waals surface area contributed by atoms with Gasteiger partial charge in [0.15, 0.2) is 6.29 Å². The van der Waals surface area contributed by atoms with Crippen molar-refractivity contribution in [2.75, 3.05) is 19.8 Å². The first-order chi connectivity index (χ1) is 16.9. The van der Waals surface area contributed by atoms with Crippen LogP contribution in [0.1, 0.15) is 46.0 Å². The molecular weight excluding hydrogens is 472 g/mol. The number of allylic oxidation sites excluding steroid dienone is 2. The van der Waals surface area contributed by atoms with E-state index in [-0.39, 0.29) is 36.0 Å². The van der Waals surface area contributed by atoms with Crippen LogP contribution in [0.2, 0.25) is 0 Å². The molecule has 0 spiro atoms. The first-order valence-electron chi connectivity index (χ1n) is 12.8. The molecule has 6 N–H and O–H groups in total. The van der Waals surface area contributed by atoms with E-state index in [4.69, 9.17) is 14.2 Å². The number of rotatable bonds is 6. The Kier molecular flexibility index (Phi) is 8.00. The van der Waals surface area contributed by atoms with Crippen LogP contribution in [0.25, 0.3) is 0 Å². The highest BCUT2D eigenvalue weighted by molar-refractivity contribution is 5.91. The monoisotopic (exact) mass is 512 g/mol. The topological polar surface area (TPSA) is 166 Å². The molecule has 0 aromatic carbocycles. The van der Waals surface area contributed by atoms with Crippen LogP contribution in [0.15, 0.2) is 23.8 Å². The van der Waals surface area contributed by atoms with Crippen LogP contribution in [0.3, 0.4) is 0 Å². The molecule has 0 amide bonds. The summed E-state index contributed by atoms with van der Waals surface area (Å²) in [5.74, 6) is -0.473. The Bertz CT molecular complexity index is 873. The maximum atomic E-state index is 12.0. The quantitative estimate of drug-likeness (QED) is 0.159. The van der Waals surface area contributed by atoms with Crippen molar-refractivity contribution in [2.45, 2.75) is 88.9 Å². The number of hydrogen-bond acceptors (Lipinski definition) is 10. The lowest BCUT2D eigenvalue weighted by Crippen LogP contribution is -2.61. The van der Waals surface area contributed by atoms with Crippen LogP contribution >= 0.6 is 0 Å². The zero-order chi connectivity index (χ0) is 26.4. The van der Waals surface area contributed by atoms with E-state index in [9.17, 15) is 35.4 Å². The highest BCUT2D eigenvalue weighted by Gasteiger charge is 2.58. The Morgan fingerprint density at radius 2 is 1.83 bits per heavy atom. The molecule has 2 aliphatic heterocycles. The minimum Gasteiger partial charge on any atom is -0.459 e. The van der Waals surface area contributed by atoms with Crippen molar-refractivity contribution in [3.63, 3.8) is 0 Å². The maximum absolute atomic E-state index is 12.0. The third kappa shape index (κ3) is 4.67. The molecule has 10 heteroatoms. The number of carbonyl (C=O) groups excluding carboxylic acids is 1. The maximum Gasteiger partial charge on any atom is 0.336 e. The molecule has 2 heterocycles. The van der Waals surface area contributed by atoms with Gasteiger partial charge in [-0.15, -0.1) is 0 Å². The first kappa shape index (κ1) is 27.7. The van der Waals surface area contributed by atoms with Crippen molar-refractivity contribution in [3.05, 3.63) is 23.8 Å². The predicted molar refractivity (Wildman–Crippen MR) is 126 cm³/mol. The molecule has 2 saturated heterocycles. The fourth-order valence-corrected chi connectivity index (χ4v) is 7.01. The molecule has 10 nitrogen and oxygen atoms in total. The molecule has 4 rings (SSSR count). The fraction of sp³-hybridized carbons (Fsp3) is 0.808. The van der Waals surface area contributed by atoms with Gasteiger partial charge in [0.25, 0.3) is 0 Å². The number of cyclic esters (lactones) is 1. The van der Waals surface area contributed by atoms with Gasteiger partial charge < -0.3 is 44.8 Å². The Hall–Kier alpha value is -1.37. The number of ether oxygens (including phenoxy) is 3. The van der Waals surface area contributed by atoms with Gasteiger partial charge in [0, 0.05) is 5.41 Å². The zero-order valence-corrected chi connectivity index (χ0v) is 21.0. The van der Waals surface area contributed by atoms with Crippen molar-refractivity contribution in [1.82, 2.24) is 0 Å². The highest BCUT2D eigenvalue weighted by Crippen LogP contribution is 2.62. The van der Waals surface area contributed by atoms with Crippen LogP contribution in [-0.2, 0) is 19.0 Å². The average molecular weight is 513 g/mol. The van der Waals surface area contributed by atoms with Gasteiger partial charge in [-0.2, -0.15) is 0 Å². The van der Waals surface area contributed by atoms with Crippen LogP contribution in [0, 0.1) is 22.7 Å². The van der Waals surface area contributed by atoms with E-state index in [1.807, 2.05) is 6.92 Å². The summed E-state index contributed by atoms with van der Waals surface area (Å²) in [5.41, 5.74) is 0.356. The van der Waals surface area contributed by atoms with Crippen LogP contribution < -0.4 is 0 Å². The third-order valence-electron chi connectivity index (χ3n) is 9.30. The van der Waals surface area contributed by atoms with E-state index in [0.717, 1.165) is 24.8 Å². The molecule has 0 unspecified atom stereocenters. The van der Waals surface area contributed by atoms with Gasteiger partial charge in [0.05, 0.1) is 24.9 Å². The molecule has 0 aromatic heterocycles. The van der Waals surface area contributed by atoms with E-state index >= 15 is 0 Å². The predicted octanol–water partition coefficient (Wildman–Crippen LogP) is -0.213. The normalized spacial score (nSPS) is 48.7. The summed E-state index contributed by atoms with van der Waals surface area (Å²) < 4.78 is 16.4. The Labute approximate surface area is 211 Å². The summed E-state index contributed by atoms with van der Waals surface area (Å²) >= 11 is 0. The lowest BCUT2D eigenvalue weighted by Gasteiger charge is -2.60. The molecule has 204 valence electrons. The number of aliphatic hydroxyl groups excluding tert-OH is 6. The van der Waals surface area contributed by atoms with Gasteiger partial charge >= 0.3 is 5.97 Å². The van der Waals surface area contributed by atoms with E-state index < -0.39 is 60.9 Å². The zero-order valence-electron chi connectivity index (χ0n) is 21.0. The van der Waals surface area contributed by atoms with Crippen LogP contribution in [-0.4, -0.2) is 99.3 Å². The summed E-state index contributed by atoms with van der Waals surface area (Å²) in [7, 11) is 0. The minimum atomic E-state index is -1.54. The van der Waals surface area contributed by atoms with Crippen molar-refractivity contribution < 1.29 is 49.6 Å². The summed E-state index contributed by atoms with van der Waals surface area (Å²) in [6.07, 6.45) is -3.42. The fourth-order valence-electron chi connectivity index (χ4n) is 7.01. The molecule has 4 fully saturated rings. The molecule has 4 aliphatic rings. The number of esters is 1.